The molecule has 0 unspecified atom stereocenters. The molecule has 2 rings (SSSR count). The van der Waals surface area contributed by atoms with Gasteiger partial charge in [0.05, 0.1) is 4.92 Å². The van der Waals surface area contributed by atoms with Gasteiger partial charge in [-0.15, -0.1) is 0 Å². The second-order valence-electron chi connectivity index (χ2n) is 4.51. The second kappa shape index (κ2) is 5.52. The zero-order valence-electron chi connectivity index (χ0n) is 11.2. The third-order valence-corrected chi connectivity index (χ3v) is 3.19. The molecule has 0 aliphatic rings. The van der Waals surface area contributed by atoms with Crippen LogP contribution >= 0.6 is 0 Å². The molecule has 0 saturated heterocycles. The van der Waals surface area contributed by atoms with Crippen LogP contribution in [0.2, 0.25) is 0 Å². The molecule has 2 aromatic carbocycles. The van der Waals surface area contributed by atoms with Crippen molar-refractivity contribution in [1.29, 1.82) is 0 Å². The molecule has 1 amide bonds. The van der Waals surface area contributed by atoms with Crippen molar-refractivity contribution in [1.82, 2.24) is 0 Å². The SMILES string of the molecule is Cc1cccc(C(=O)Nc2ccc([N+](=O)[O-])cc2)c1C. The molecule has 0 fully saturated rings. The maximum Gasteiger partial charge on any atom is 0.269 e. The standard InChI is InChI=1S/C15H14N2O3/c1-10-4-3-5-14(11(10)2)15(18)16-12-6-8-13(9-7-12)17(19)20/h3-9H,1-2H3,(H,16,18). The molecule has 0 aromatic heterocycles. The van der Waals surface area contributed by atoms with Crippen LogP contribution in [0, 0.1) is 24.0 Å². The first-order valence-corrected chi connectivity index (χ1v) is 6.11. The van der Waals surface area contributed by atoms with Gasteiger partial charge < -0.3 is 5.32 Å². The first-order chi connectivity index (χ1) is 9.49. The fraction of sp³-hybridized carbons (Fsp3) is 0.133. The summed E-state index contributed by atoms with van der Waals surface area (Å²) in [5.41, 5.74) is 3.09. The lowest BCUT2D eigenvalue weighted by Crippen LogP contribution is -2.13. The van der Waals surface area contributed by atoms with Gasteiger partial charge in [0.2, 0.25) is 0 Å². The summed E-state index contributed by atoms with van der Waals surface area (Å²) < 4.78 is 0. The number of amides is 1. The van der Waals surface area contributed by atoms with Crippen molar-refractivity contribution in [2.45, 2.75) is 13.8 Å². The summed E-state index contributed by atoms with van der Waals surface area (Å²) >= 11 is 0. The van der Waals surface area contributed by atoms with Crippen molar-refractivity contribution in [2.24, 2.45) is 0 Å². The van der Waals surface area contributed by atoms with Gasteiger partial charge in [0.25, 0.3) is 11.6 Å². The molecule has 102 valence electrons. The fourth-order valence-electron chi connectivity index (χ4n) is 1.86. The van der Waals surface area contributed by atoms with Crippen LogP contribution in [-0.4, -0.2) is 10.8 Å². The van der Waals surface area contributed by atoms with E-state index < -0.39 is 4.92 Å². The number of anilines is 1. The quantitative estimate of drug-likeness (QED) is 0.685. The smallest absolute Gasteiger partial charge is 0.269 e. The molecule has 5 heteroatoms. The van der Waals surface area contributed by atoms with Crippen LogP contribution < -0.4 is 5.32 Å². The van der Waals surface area contributed by atoms with E-state index in [1.165, 1.54) is 24.3 Å². The molecule has 20 heavy (non-hydrogen) atoms. The number of nitrogens with one attached hydrogen (secondary N) is 1. The van der Waals surface area contributed by atoms with Gasteiger partial charge in [-0.25, -0.2) is 0 Å². The number of carbonyl (C=O) groups is 1. The Bertz CT molecular complexity index is 663. The number of hydrogen-bond donors (Lipinski definition) is 1. The lowest BCUT2D eigenvalue weighted by atomic mass is 10.0. The number of nitro groups is 1. The highest BCUT2D eigenvalue weighted by molar-refractivity contribution is 6.05. The molecule has 0 aliphatic heterocycles. The highest BCUT2D eigenvalue weighted by atomic mass is 16.6. The van der Waals surface area contributed by atoms with Crippen LogP contribution in [0.3, 0.4) is 0 Å². The summed E-state index contributed by atoms with van der Waals surface area (Å²) in [6, 6.07) is 11.3. The van der Waals surface area contributed by atoms with Gasteiger partial charge in [-0.2, -0.15) is 0 Å². The van der Waals surface area contributed by atoms with E-state index in [1.54, 1.807) is 6.07 Å². The fourth-order valence-corrected chi connectivity index (χ4v) is 1.86. The van der Waals surface area contributed by atoms with Crippen molar-refractivity contribution >= 4 is 17.3 Å². The van der Waals surface area contributed by atoms with Gasteiger partial charge >= 0.3 is 0 Å². The monoisotopic (exact) mass is 270 g/mol. The molecule has 0 spiro atoms. The Morgan fingerprint density at radius 1 is 1.10 bits per heavy atom. The number of rotatable bonds is 3. The highest BCUT2D eigenvalue weighted by Crippen LogP contribution is 2.18. The topological polar surface area (TPSA) is 72.2 Å². The maximum atomic E-state index is 12.2. The molecule has 0 radical (unpaired) electrons. The number of aryl methyl sites for hydroxylation is 1. The molecule has 0 bridgehead atoms. The number of hydrogen-bond acceptors (Lipinski definition) is 3. The van der Waals surface area contributed by atoms with Crippen molar-refractivity contribution in [3.63, 3.8) is 0 Å². The summed E-state index contributed by atoms with van der Waals surface area (Å²) in [4.78, 5) is 22.2. The predicted molar refractivity (Wildman–Crippen MR) is 77.0 cm³/mol. The number of benzene rings is 2. The van der Waals surface area contributed by atoms with Crippen molar-refractivity contribution in [3.8, 4) is 0 Å². The number of nitro benzene ring substituents is 1. The third kappa shape index (κ3) is 2.83. The first kappa shape index (κ1) is 13.7. The van der Waals surface area contributed by atoms with Gasteiger partial charge in [-0.1, -0.05) is 12.1 Å². The number of carbonyl (C=O) groups excluding carboxylic acids is 1. The van der Waals surface area contributed by atoms with Crippen molar-refractivity contribution in [2.75, 3.05) is 5.32 Å². The van der Waals surface area contributed by atoms with Crippen LogP contribution in [-0.2, 0) is 0 Å². The minimum absolute atomic E-state index is 0.00487. The van der Waals surface area contributed by atoms with E-state index in [0.717, 1.165) is 11.1 Å². The number of non-ortho nitro benzene ring substituents is 1. The van der Waals surface area contributed by atoms with Crippen LogP contribution in [0.1, 0.15) is 21.5 Å². The zero-order valence-corrected chi connectivity index (χ0v) is 11.2. The maximum absolute atomic E-state index is 12.2. The lowest BCUT2D eigenvalue weighted by Gasteiger charge is -2.09. The first-order valence-electron chi connectivity index (χ1n) is 6.11. The van der Waals surface area contributed by atoms with Gasteiger partial charge in [0.1, 0.15) is 0 Å². The Morgan fingerprint density at radius 2 is 1.75 bits per heavy atom. The molecular weight excluding hydrogens is 256 g/mol. The molecule has 0 heterocycles. The molecular formula is C15H14N2O3. The van der Waals surface area contributed by atoms with E-state index >= 15 is 0 Å². The number of nitrogens with zero attached hydrogens (tertiary/aromatic N) is 1. The van der Waals surface area contributed by atoms with Crippen molar-refractivity contribution in [3.05, 3.63) is 69.3 Å². The zero-order chi connectivity index (χ0) is 14.7. The van der Waals surface area contributed by atoms with Gasteiger partial charge in [-0.05, 0) is 43.2 Å². The van der Waals surface area contributed by atoms with E-state index in [-0.39, 0.29) is 11.6 Å². The minimum atomic E-state index is -0.476. The van der Waals surface area contributed by atoms with E-state index in [1.807, 2.05) is 26.0 Å². The largest absolute Gasteiger partial charge is 0.322 e. The molecule has 0 aliphatic carbocycles. The normalized spacial score (nSPS) is 10.1. The molecule has 2 aromatic rings. The molecule has 1 N–H and O–H groups in total. The summed E-state index contributed by atoms with van der Waals surface area (Å²) in [5.74, 6) is -0.222. The van der Waals surface area contributed by atoms with Crippen LogP contribution in [0.4, 0.5) is 11.4 Å². The van der Waals surface area contributed by atoms with E-state index in [9.17, 15) is 14.9 Å². The average Bonchev–Trinajstić information content (AvgIpc) is 2.42. The Balaban J connectivity index is 2.19. The summed E-state index contributed by atoms with van der Waals surface area (Å²) in [7, 11) is 0. The predicted octanol–water partition coefficient (Wildman–Crippen LogP) is 3.46. The van der Waals surface area contributed by atoms with Crippen LogP contribution in [0.25, 0.3) is 0 Å². The van der Waals surface area contributed by atoms with Gasteiger partial charge in [0.15, 0.2) is 0 Å². The van der Waals surface area contributed by atoms with E-state index in [2.05, 4.69) is 5.32 Å². The Labute approximate surface area is 116 Å². The molecule has 5 nitrogen and oxygen atoms in total. The summed E-state index contributed by atoms with van der Waals surface area (Å²) in [6.45, 7) is 3.83. The summed E-state index contributed by atoms with van der Waals surface area (Å²) in [5, 5.41) is 13.3. The summed E-state index contributed by atoms with van der Waals surface area (Å²) in [6.07, 6.45) is 0. The second-order valence-corrected chi connectivity index (χ2v) is 4.51. The highest BCUT2D eigenvalue weighted by Gasteiger charge is 2.11. The van der Waals surface area contributed by atoms with Crippen LogP contribution in [0.5, 0.6) is 0 Å². The molecule has 0 atom stereocenters. The third-order valence-electron chi connectivity index (χ3n) is 3.19. The Morgan fingerprint density at radius 3 is 2.35 bits per heavy atom. The van der Waals surface area contributed by atoms with Gasteiger partial charge in [0, 0.05) is 23.4 Å². The van der Waals surface area contributed by atoms with E-state index in [0.29, 0.717) is 11.3 Å². The van der Waals surface area contributed by atoms with Gasteiger partial charge in [-0.3, -0.25) is 14.9 Å². The lowest BCUT2D eigenvalue weighted by molar-refractivity contribution is -0.384. The molecule has 0 saturated carbocycles. The van der Waals surface area contributed by atoms with Crippen LogP contribution in [0.15, 0.2) is 42.5 Å². The Hall–Kier alpha value is -2.69. The average molecular weight is 270 g/mol. The van der Waals surface area contributed by atoms with E-state index in [4.69, 9.17) is 0 Å². The Kier molecular flexibility index (Phi) is 3.79. The van der Waals surface area contributed by atoms with Crippen molar-refractivity contribution < 1.29 is 9.72 Å². The minimum Gasteiger partial charge on any atom is -0.322 e.